The molecule has 1 N–H and O–H groups in total. The van der Waals surface area contributed by atoms with E-state index in [0.717, 1.165) is 5.82 Å². The first-order valence-electron chi connectivity index (χ1n) is 3.35. The molecule has 1 aromatic heterocycles. The molecule has 2 amide bonds. The number of urea groups is 1. The topological polar surface area (TPSA) is 70.5 Å². The summed E-state index contributed by atoms with van der Waals surface area (Å²) in [4.78, 5) is 23.1. The van der Waals surface area contributed by atoms with Crippen molar-refractivity contribution in [2.45, 2.75) is 6.92 Å². The maximum Gasteiger partial charge on any atom is 0.367 e. The summed E-state index contributed by atoms with van der Waals surface area (Å²) in [6, 6.07) is -0.407. The molecular formula is C7H8N4O. The molecule has 0 spiro atoms. The fourth-order valence-electron chi connectivity index (χ4n) is 0.572. The predicted octanol–water partition coefficient (Wildman–Crippen LogP) is 0.980. The van der Waals surface area contributed by atoms with E-state index < -0.39 is 6.03 Å². The van der Waals surface area contributed by atoms with Crippen molar-refractivity contribution < 1.29 is 4.79 Å². The van der Waals surface area contributed by atoms with Gasteiger partial charge in [-0.25, -0.2) is 9.78 Å². The van der Waals surface area contributed by atoms with Crippen LogP contribution in [0.1, 0.15) is 5.82 Å². The van der Waals surface area contributed by atoms with Crippen molar-refractivity contribution >= 4 is 18.5 Å². The smallest absolute Gasteiger partial charge is 0.349 e. The molecule has 0 saturated carbocycles. The molecule has 0 unspecified atom stereocenters. The molecule has 1 aromatic rings. The van der Waals surface area contributed by atoms with Crippen LogP contribution in [0.2, 0.25) is 0 Å². The molecule has 0 saturated heterocycles. The molecule has 0 radical (unpaired) electrons. The van der Waals surface area contributed by atoms with Crippen LogP contribution in [0.4, 0.5) is 4.79 Å². The number of aryl methyl sites for hydroxylation is 1. The summed E-state index contributed by atoms with van der Waals surface area (Å²) in [6.45, 7) is 1.92. The van der Waals surface area contributed by atoms with Crippen molar-refractivity contribution in [2.75, 3.05) is 0 Å². The lowest BCUT2D eigenvalue weighted by Gasteiger charge is -1.68. The second kappa shape index (κ2) is 4.17. The van der Waals surface area contributed by atoms with Crippen LogP contribution in [0.25, 0.3) is 0 Å². The van der Waals surface area contributed by atoms with Gasteiger partial charge < -0.3 is 4.98 Å². The van der Waals surface area contributed by atoms with Gasteiger partial charge in [0, 0.05) is 12.4 Å². The van der Waals surface area contributed by atoms with Crippen molar-refractivity contribution in [3.63, 3.8) is 0 Å². The number of hydrogen-bond acceptors (Lipinski definition) is 2. The number of hydrogen-bond donors (Lipinski definition) is 1. The van der Waals surface area contributed by atoms with Crippen molar-refractivity contribution in [1.82, 2.24) is 9.97 Å². The molecule has 5 nitrogen and oxygen atoms in total. The Balaban J connectivity index is 0.000000120. The monoisotopic (exact) mass is 164 g/mol. The van der Waals surface area contributed by atoms with Crippen LogP contribution in [0.3, 0.4) is 0 Å². The summed E-state index contributed by atoms with van der Waals surface area (Å²) in [7, 11) is 0. The van der Waals surface area contributed by atoms with E-state index in [2.05, 4.69) is 20.0 Å². The van der Waals surface area contributed by atoms with E-state index >= 15 is 0 Å². The fourth-order valence-corrected chi connectivity index (χ4v) is 0.572. The first-order valence-corrected chi connectivity index (χ1v) is 3.35. The SMILES string of the molecule is Cc1ncc[nH]1.O=C1N=CC=N1. The number of H-pyrrole nitrogens is 1. The quantitative estimate of drug-likeness (QED) is 0.620. The van der Waals surface area contributed by atoms with Gasteiger partial charge >= 0.3 is 6.03 Å². The number of carbonyl (C=O) groups excluding carboxylic acids is 1. The molecule has 2 rings (SSSR count). The van der Waals surface area contributed by atoms with Gasteiger partial charge in [-0.1, -0.05) is 0 Å². The summed E-state index contributed by atoms with van der Waals surface area (Å²) in [5.74, 6) is 0.968. The van der Waals surface area contributed by atoms with Gasteiger partial charge in [-0.2, -0.15) is 9.98 Å². The number of rotatable bonds is 0. The van der Waals surface area contributed by atoms with Gasteiger partial charge in [0.1, 0.15) is 5.82 Å². The minimum Gasteiger partial charge on any atom is -0.349 e. The molecule has 12 heavy (non-hydrogen) atoms. The van der Waals surface area contributed by atoms with Gasteiger partial charge in [0.05, 0.1) is 12.4 Å². The zero-order valence-corrected chi connectivity index (χ0v) is 6.56. The lowest BCUT2D eigenvalue weighted by molar-refractivity contribution is 0.257. The Morgan fingerprint density at radius 2 is 2.00 bits per heavy atom. The molecule has 0 atom stereocenters. The van der Waals surface area contributed by atoms with Gasteiger partial charge in [0.15, 0.2) is 0 Å². The van der Waals surface area contributed by atoms with Gasteiger partial charge in [-0.15, -0.1) is 0 Å². The summed E-state index contributed by atoms with van der Waals surface area (Å²) in [6.07, 6.45) is 6.26. The van der Waals surface area contributed by atoms with Crippen LogP contribution in [0.5, 0.6) is 0 Å². The van der Waals surface area contributed by atoms with Crippen LogP contribution in [-0.2, 0) is 0 Å². The Kier molecular flexibility index (Phi) is 2.89. The lowest BCUT2D eigenvalue weighted by atomic mass is 10.8. The number of aliphatic imine (C=N–C) groups is 2. The van der Waals surface area contributed by atoms with Crippen LogP contribution < -0.4 is 0 Å². The zero-order valence-electron chi connectivity index (χ0n) is 6.56. The number of amides is 2. The maximum absolute atomic E-state index is 9.85. The average molecular weight is 164 g/mol. The highest BCUT2D eigenvalue weighted by Gasteiger charge is 1.91. The first-order chi connectivity index (χ1) is 5.79. The third kappa shape index (κ3) is 2.87. The number of nitrogens with one attached hydrogen (secondary N) is 1. The molecule has 62 valence electrons. The molecular weight excluding hydrogens is 156 g/mol. The standard InChI is InChI=1S/C4H6N2.C3H2N2O/c1-4-5-2-3-6-4;6-3-4-1-2-5-3/h2-3H,1H3,(H,5,6);1-2H. The summed E-state index contributed by atoms with van der Waals surface area (Å²) in [5.41, 5.74) is 0. The van der Waals surface area contributed by atoms with E-state index in [0.29, 0.717) is 0 Å². The minimum absolute atomic E-state index is 0.407. The Morgan fingerprint density at radius 3 is 2.17 bits per heavy atom. The molecule has 0 fully saturated rings. The minimum atomic E-state index is -0.407. The molecule has 0 bridgehead atoms. The van der Waals surface area contributed by atoms with Gasteiger partial charge in [0.2, 0.25) is 0 Å². The molecule has 5 heteroatoms. The summed E-state index contributed by atoms with van der Waals surface area (Å²) >= 11 is 0. The lowest BCUT2D eigenvalue weighted by Crippen LogP contribution is -1.70. The third-order valence-corrected chi connectivity index (χ3v) is 1.07. The van der Waals surface area contributed by atoms with Crippen molar-refractivity contribution in [3.8, 4) is 0 Å². The Labute approximate surface area is 69.3 Å². The molecule has 0 aromatic carbocycles. The predicted molar refractivity (Wildman–Crippen MR) is 45.7 cm³/mol. The third-order valence-electron chi connectivity index (χ3n) is 1.07. The second-order valence-corrected chi connectivity index (χ2v) is 2.01. The number of aromatic nitrogens is 2. The van der Waals surface area contributed by atoms with Crippen molar-refractivity contribution in [1.29, 1.82) is 0 Å². The van der Waals surface area contributed by atoms with Gasteiger partial charge in [0.25, 0.3) is 0 Å². The van der Waals surface area contributed by atoms with Crippen LogP contribution >= 0.6 is 0 Å². The Morgan fingerprint density at radius 1 is 1.33 bits per heavy atom. The number of carbonyl (C=O) groups is 1. The van der Waals surface area contributed by atoms with E-state index in [-0.39, 0.29) is 0 Å². The largest absolute Gasteiger partial charge is 0.367 e. The molecule has 1 aliphatic heterocycles. The molecule has 0 aliphatic carbocycles. The highest BCUT2D eigenvalue weighted by Crippen LogP contribution is 1.81. The molecule has 2 heterocycles. The second-order valence-electron chi connectivity index (χ2n) is 2.01. The number of nitrogens with zero attached hydrogens (tertiary/aromatic N) is 3. The maximum atomic E-state index is 9.85. The normalized spacial score (nSPS) is 12.9. The Hall–Kier alpha value is -1.78. The van der Waals surface area contributed by atoms with Gasteiger partial charge in [-0.05, 0) is 6.92 Å². The van der Waals surface area contributed by atoms with E-state index in [1.54, 1.807) is 12.4 Å². The van der Waals surface area contributed by atoms with Crippen molar-refractivity contribution in [2.24, 2.45) is 9.98 Å². The van der Waals surface area contributed by atoms with Crippen LogP contribution in [-0.4, -0.2) is 28.4 Å². The summed E-state index contributed by atoms with van der Waals surface area (Å²) in [5, 5.41) is 0. The van der Waals surface area contributed by atoms with Crippen LogP contribution in [0, 0.1) is 6.92 Å². The van der Waals surface area contributed by atoms with Crippen LogP contribution in [0.15, 0.2) is 22.4 Å². The van der Waals surface area contributed by atoms with E-state index in [9.17, 15) is 4.79 Å². The molecule has 1 aliphatic rings. The number of imidazole rings is 1. The van der Waals surface area contributed by atoms with E-state index in [4.69, 9.17) is 0 Å². The average Bonchev–Trinajstić information content (AvgIpc) is 2.63. The highest BCUT2D eigenvalue weighted by molar-refractivity contribution is 6.25. The van der Waals surface area contributed by atoms with E-state index in [1.807, 2.05) is 6.92 Å². The zero-order chi connectivity index (χ0) is 8.81. The fraction of sp³-hybridized carbons (Fsp3) is 0.143. The van der Waals surface area contributed by atoms with Gasteiger partial charge in [-0.3, -0.25) is 0 Å². The highest BCUT2D eigenvalue weighted by atomic mass is 16.2. The van der Waals surface area contributed by atoms with Crippen molar-refractivity contribution in [3.05, 3.63) is 18.2 Å². The first kappa shape index (κ1) is 8.32. The summed E-state index contributed by atoms with van der Waals surface area (Å²) < 4.78 is 0. The number of aromatic amines is 1. The van der Waals surface area contributed by atoms with E-state index in [1.165, 1.54) is 12.4 Å². The Bertz CT molecular complexity index is 285.